The fraction of sp³-hybridized carbons (Fsp3) is 0.273. The Balaban J connectivity index is 0.765. The smallest absolute Gasteiger partial charge is 0.407 e. The summed E-state index contributed by atoms with van der Waals surface area (Å²) in [6.07, 6.45) is 10.8. The standard InChI is InChI=1S/C55H56N12O6/c1-73-55(72)64-44(28-42-33-65(34-59-42)32-36-12-6-3-7-13-36)53(69)67-25-9-15-48(67)51-58-31-46(62-51)40-22-18-38(19-23-40)37-16-20-39(21-17-37)45-30-57-50(61-45)47-14-8-24-66(47)52(68)43(63-54(70)71)27-41-29-56-49(60-41)26-35-10-4-2-5-11-35/h2-7,10-13,16-23,29-31,33-34,43-44,47-48,63H,8-9,14-15,24-28,32H2,1H3,(H,56,60)(H,57,61)(H,58,62)(H,64,72)(H,70,71)/t43-,44-,47-,48?/m0/s1. The first-order valence-electron chi connectivity index (χ1n) is 24.5. The molecule has 1 unspecified atom stereocenters. The Kier molecular flexibility index (Phi) is 14.2. The minimum atomic E-state index is -1.28. The fourth-order valence-electron chi connectivity index (χ4n) is 9.97. The number of aromatic nitrogens is 8. The number of likely N-dealkylation sites (tertiary alicyclic amines) is 2. The first-order valence-corrected chi connectivity index (χ1v) is 24.5. The number of carbonyl (C=O) groups is 4. The maximum Gasteiger partial charge on any atom is 0.407 e. The van der Waals surface area contributed by atoms with E-state index in [1.54, 1.807) is 34.7 Å². The topological polar surface area (TPSA) is 232 Å². The van der Waals surface area contributed by atoms with Crippen LogP contribution in [0.5, 0.6) is 0 Å². The first kappa shape index (κ1) is 47.9. The molecular weight excluding hydrogens is 925 g/mol. The van der Waals surface area contributed by atoms with Crippen LogP contribution in [0.25, 0.3) is 33.6 Å². The highest BCUT2D eigenvalue weighted by Gasteiger charge is 2.38. The van der Waals surface area contributed by atoms with E-state index in [0.29, 0.717) is 55.5 Å². The summed E-state index contributed by atoms with van der Waals surface area (Å²) < 4.78 is 6.87. The van der Waals surface area contributed by atoms with E-state index in [-0.39, 0.29) is 36.7 Å². The van der Waals surface area contributed by atoms with Crippen LogP contribution in [0, 0.1) is 0 Å². The van der Waals surface area contributed by atoms with Gasteiger partial charge >= 0.3 is 12.2 Å². The zero-order valence-electron chi connectivity index (χ0n) is 40.3. The van der Waals surface area contributed by atoms with Crippen molar-refractivity contribution in [1.29, 1.82) is 0 Å². The Morgan fingerprint density at radius 3 is 1.74 bits per heavy atom. The van der Waals surface area contributed by atoms with Crippen LogP contribution >= 0.6 is 0 Å². The quantitative estimate of drug-likeness (QED) is 0.0517. The number of hydrogen-bond acceptors (Lipinski definition) is 9. The van der Waals surface area contributed by atoms with Gasteiger partial charge in [0.05, 0.1) is 60.7 Å². The van der Waals surface area contributed by atoms with Gasteiger partial charge in [-0.15, -0.1) is 0 Å². The number of H-pyrrole nitrogens is 3. The fourth-order valence-corrected chi connectivity index (χ4v) is 9.97. The molecule has 18 nitrogen and oxygen atoms in total. The number of methoxy groups -OCH3 is 1. The van der Waals surface area contributed by atoms with Crippen LogP contribution in [-0.2, 0) is 40.1 Å². The molecule has 0 saturated carbocycles. The van der Waals surface area contributed by atoms with Crippen LogP contribution in [0.2, 0.25) is 0 Å². The van der Waals surface area contributed by atoms with E-state index in [4.69, 9.17) is 14.7 Å². The summed E-state index contributed by atoms with van der Waals surface area (Å²) >= 11 is 0. The minimum absolute atomic E-state index is 0.109. The van der Waals surface area contributed by atoms with E-state index in [9.17, 15) is 24.3 Å². The molecule has 0 radical (unpaired) electrons. The Bertz CT molecular complexity index is 3170. The van der Waals surface area contributed by atoms with Crippen molar-refractivity contribution in [3.8, 4) is 33.6 Å². The summed E-state index contributed by atoms with van der Waals surface area (Å²) in [5.74, 6) is 1.52. The number of amides is 4. The van der Waals surface area contributed by atoms with Gasteiger partial charge in [-0.25, -0.2) is 29.5 Å². The number of alkyl carbamates (subject to hydrolysis) is 1. The summed E-state index contributed by atoms with van der Waals surface area (Å²) in [7, 11) is 1.28. The van der Waals surface area contributed by atoms with Gasteiger partial charge in [-0.1, -0.05) is 109 Å². The highest BCUT2D eigenvalue weighted by atomic mass is 16.5. The van der Waals surface area contributed by atoms with Crippen molar-refractivity contribution in [3.63, 3.8) is 0 Å². The average molecular weight is 981 g/mol. The molecule has 372 valence electrons. The number of hydrogen-bond donors (Lipinski definition) is 6. The molecule has 10 rings (SSSR count). The number of carboxylic acid groups (broad SMARTS) is 1. The number of ether oxygens (including phenoxy) is 1. The second-order valence-corrected chi connectivity index (χ2v) is 18.5. The number of imidazole rings is 4. The molecule has 2 aliphatic rings. The molecule has 0 bridgehead atoms. The average Bonchev–Trinajstić information content (AvgIpc) is 4.28. The molecule has 2 aliphatic heterocycles. The lowest BCUT2D eigenvalue weighted by Gasteiger charge is -2.28. The number of nitrogens with one attached hydrogen (secondary N) is 5. The van der Waals surface area contributed by atoms with Crippen LogP contribution in [0.1, 0.15) is 77.8 Å². The van der Waals surface area contributed by atoms with Crippen LogP contribution in [0.3, 0.4) is 0 Å². The Labute approximate surface area is 421 Å². The van der Waals surface area contributed by atoms with E-state index in [0.717, 1.165) is 69.9 Å². The zero-order chi connectivity index (χ0) is 50.3. The van der Waals surface area contributed by atoms with Gasteiger partial charge < -0.3 is 49.8 Å². The van der Waals surface area contributed by atoms with E-state index in [2.05, 4.69) is 59.8 Å². The van der Waals surface area contributed by atoms with E-state index < -0.39 is 24.3 Å². The van der Waals surface area contributed by atoms with Crippen LogP contribution in [0.4, 0.5) is 9.59 Å². The lowest BCUT2D eigenvalue weighted by Crippen LogP contribution is -2.49. The molecule has 2 saturated heterocycles. The van der Waals surface area contributed by atoms with Crippen molar-refractivity contribution in [2.45, 2.75) is 75.7 Å². The van der Waals surface area contributed by atoms with Gasteiger partial charge in [0.2, 0.25) is 11.8 Å². The van der Waals surface area contributed by atoms with Crippen molar-refractivity contribution in [3.05, 3.63) is 180 Å². The van der Waals surface area contributed by atoms with Crippen molar-refractivity contribution in [1.82, 2.24) is 59.9 Å². The molecule has 18 heteroatoms. The number of carbonyl (C=O) groups excluding carboxylic acids is 3. The first-order chi connectivity index (χ1) is 35.6. The molecule has 73 heavy (non-hydrogen) atoms. The van der Waals surface area contributed by atoms with Gasteiger partial charge in [-0.2, -0.15) is 0 Å². The monoisotopic (exact) mass is 980 g/mol. The number of aromatic amines is 3. The second kappa shape index (κ2) is 21.7. The molecule has 8 aromatic rings. The molecule has 4 aromatic carbocycles. The SMILES string of the molecule is COC(=O)N[C@@H](Cc1cn(Cc2ccccc2)cn1)C(=O)N1CCCC1c1ncc(-c2ccc(-c3ccc(-c4cnc([C@@H]5CCCN5C(=O)[C@H](Cc5c[nH]c(Cc6ccccc6)n5)NC(=O)O)[nH]4)cc3)cc2)[nH]1. The summed E-state index contributed by atoms with van der Waals surface area (Å²) in [5, 5.41) is 14.9. The predicted octanol–water partition coefficient (Wildman–Crippen LogP) is 7.87. The Morgan fingerprint density at radius 1 is 0.671 bits per heavy atom. The van der Waals surface area contributed by atoms with Crippen LogP contribution in [0.15, 0.2) is 140 Å². The summed E-state index contributed by atoms with van der Waals surface area (Å²) in [6, 6.07) is 33.8. The summed E-state index contributed by atoms with van der Waals surface area (Å²) in [6.45, 7) is 1.64. The maximum absolute atomic E-state index is 14.2. The van der Waals surface area contributed by atoms with Gasteiger partial charge in [0.1, 0.15) is 29.6 Å². The van der Waals surface area contributed by atoms with Crippen LogP contribution in [-0.4, -0.2) is 111 Å². The van der Waals surface area contributed by atoms with Gasteiger partial charge in [-0.05, 0) is 59.1 Å². The van der Waals surface area contributed by atoms with Crippen LogP contribution < -0.4 is 10.6 Å². The third-order valence-electron chi connectivity index (χ3n) is 13.6. The molecular formula is C55H56N12O6. The number of nitrogens with zero attached hydrogens (tertiary/aromatic N) is 7. The maximum atomic E-state index is 14.2. The van der Waals surface area contributed by atoms with E-state index in [1.807, 2.05) is 95.7 Å². The lowest BCUT2D eigenvalue weighted by molar-refractivity contribution is -0.135. The molecule has 6 heterocycles. The molecule has 2 fully saturated rings. The van der Waals surface area contributed by atoms with Crippen molar-refractivity contribution in [2.75, 3.05) is 20.2 Å². The molecule has 6 N–H and O–H groups in total. The second-order valence-electron chi connectivity index (χ2n) is 18.5. The highest BCUT2D eigenvalue weighted by molar-refractivity contribution is 5.87. The zero-order valence-corrected chi connectivity index (χ0v) is 40.3. The van der Waals surface area contributed by atoms with Crippen molar-refractivity contribution < 1.29 is 29.0 Å². The Morgan fingerprint density at radius 2 is 1.19 bits per heavy atom. The number of benzene rings is 4. The van der Waals surface area contributed by atoms with Gasteiger partial charge in [0, 0.05) is 51.3 Å². The van der Waals surface area contributed by atoms with E-state index in [1.165, 1.54) is 7.11 Å². The predicted molar refractivity (Wildman–Crippen MR) is 272 cm³/mol. The molecule has 0 spiro atoms. The summed E-state index contributed by atoms with van der Waals surface area (Å²) in [5.41, 5.74) is 9.02. The van der Waals surface area contributed by atoms with Gasteiger partial charge in [0.15, 0.2) is 0 Å². The van der Waals surface area contributed by atoms with Crippen molar-refractivity contribution >= 4 is 24.0 Å². The van der Waals surface area contributed by atoms with Gasteiger partial charge in [0.25, 0.3) is 0 Å². The highest BCUT2D eigenvalue weighted by Crippen LogP contribution is 2.35. The third kappa shape index (κ3) is 11.2. The van der Waals surface area contributed by atoms with Crippen molar-refractivity contribution in [2.24, 2.45) is 0 Å². The largest absolute Gasteiger partial charge is 0.465 e. The molecule has 4 amide bonds. The van der Waals surface area contributed by atoms with Gasteiger partial charge in [-0.3, -0.25) is 9.59 Å². The normalized spacial score (nSPS) is 16.3. The molecule has 0 aliphatic carbocycles. The molecule has 4 aromatic heterocycles. The van der Waals surface area contributed by atoms with E-state index >= 15 is 0 Å². The summed E-state index contributed by atoms with van der Waals surface area (Å²) in [4.78, 5) is 84.9. The number of rotatable bonds is 17. The Hall–Kier alpha value is -8.80. The minimum Gasteiger partial charge on any atom is -0.465 e. The lowest BCUT2D eigenvalue weighted by atomic mass is 10.0. The third-order valence-corrected chi connectivity index (χ3v) is 13.6. The molecule has 4 atom stereocenters.